The fourth-order valence-corrected chi connectivity index (χ4v) is 1.67. The molecule has 0 bridgehead atoms. The Hall–Kier alpha value is -0.630. The molecule has 0 aliphatic carbocycles. The van der Waals surface area contributed by atoms with Gasteiger partial charge in [0.05, 0.1) is 0 Å². The molecule has 2 heteroatoms. The van der Waals surface area contributed by atoms with Crippen LogP contribution in [0.5, 0.6) is 0 Å². The van der Waals surface area contributed by atoms with Crippen LogP contribution in [0.3, 0.4) is 0 Å². The zero-order valence-corrected chi connectivity index (χ0v) is 8.44. The van der Waals surface area contributed by atoms with Crippen molar-refractivity contribution in [1.82, 2.24) is 5.32 Å². The standard InChI is InChI=1S/C11H19NO/c1-9(2)3-4-11(13)7-10-5-6-12-8-10/h10,12H,1,3-8H2,2H3. The number of ketones is 1. The summed E-state index contributed by atoms with van der Waals surface area (Å²) in [6, 6.07) is 0. The van der Waals surface area contributed by atoms with Crippen LogP contribution in [0.1, 0.15) is 32.6 Å². The summed E-state index contributed by atoms with van der Waals surface area (Å²) in [7, 11) is 0. The quantitative estimate of drug-likeness (QED) is 0.656. The minimum atomic E-state index is 0.400. The maximum Gasteiger partial charge on any atom is 0.133 e. The SMILES string of the molecule is C=C(C)CCC(=O)CC1CCNC1. The van der Waals surface area contributed by atoms with Crippen LogP contribution >= 0.6 is 0 Å². The van der Waals surface area contributed by atoms with Crippen LogP contribution in [-0.2, 0) is 4.79 Å². The number of carbonyl (C=O) groups is 1. The van der Waals surface area contributed by atoms with Crippen LogP contribution < -0.4 is 5.32 Å². The van der Waals surface area contributed by atoms with Gasteiger partial charge in [-0.25, -0.2) is 0 Å². The highest BCUT2D eigenvalue weighted by molar-refractivity contribution is 5.78. The third-order valence-electron chi connectivity index (χ3n) is 2.51. The Kier molecular flexibility index (Phi) is 4.16. The zero-order valence-electron chi connectivity index (χ0n) is 8.44. The van der Waals surface area contributed by atoms with Gasteiger partial charge in [0.15, 0.2) is 0 Å². The third kappa shape index (κ3) is 4.23. The first kappa shape index (κ1) is 10.5. The second-order valence-corrected chi connectivity index (χ2v) is 4.06. The summed E-state index contributed by atoms with van der Waals surface area (Å²) in [6.45, 7) is 7.88. The lowest BCUT2D eigenvalue weighted by Gasteiger charge is -2.06. The van der Waals surface area contributed by atoms with Gasteiger partial charge in [0, 0.05) is 12.8 Å². The fraction of sp³-hybridized carbons (Fsp3) is 0.727. The van der Waals surface area contributed by atoms with E-state index in [1.807, 2.05) is 6.92 Å². The van der Waals surface area contributed by atoms with Gasteiger partial charge >= 0.3 is 0 Å². The molecule has 1 aliphatic heterocycles. The Morgan fingerprint density at radius 3 is 2.85 bits per heavy atom. The number of allylic oxidation sites excluding steroid dienone is 1. The van der Waals surface area contributed by atoms with Gasteiger partial charge in [-0.1, -0.05) is 5.57 Å². The smallest absolute Gasteiger partial charge is 0.133 e. The van der Waals surface area contributed by atoms with E-state index in [1.165, 1.54) is 6.42 Å². The summed E-state index contributed by atoms with van der Waals surface area (Å²) in [5.41, 5.74) is 1.11. The molecule has 1 fully saturated rings. The van der Waals surface area contributed by atoms with Gasteiger partial charge in [-0.2, -0.15) is 0 Å². The molecule has 2 nitrogen and oxygen atoms in total. The molecule has 13 heavy (non-hydrogen) atoms. The van der Waals surface area contributed by atoms with Crippen LogP contribution in [0.2, 0.25) is 0 Å². The zero-order chi connectivity index (χ0) is 9.68. The first-order chi connectivity index (χ1) is 6.18. The number of hydrogen-bond donors (Lipinski definition) is 1. The highest BCUT2D eigenvalue weighted by Gasteiger charge is 2.17. The van der Waals surface area contributed by atoms with E-state index in [2.05, 4.69) is 11.9 Å². The van der Waals surface area contributed by atoms with E-state index in [-0.39, 0.29) is 0 Å². The van der Waals surface area contributed by atoms with Crippen LogP contribution in [-0.4, -0.2) is 18.9 Å². The Morgan fingerprint density at radius 2 is 2.31 bits per heavy atom. The van der Waals surface area contributed by atoms with Crippen molar-refractivity contribution < 1.29 is 4.79 Å². The number of rotatable bonds is 5. The largest absolute Gasteiger partial charge is 0.316 e. The molecule has 1 unspecified atom stereocenters. The maximum atomic E-state index is 11.4. The lowest BCUT2D eigenvalue weighted by atomic mass is 9.98. The monoisotopic (exact) mass is 181 g/mol. The topological polar surface area (TPSA) is 29.1 Å². The van der Waals surface area contributed by atoms with Gasteiger partial charge in [-0.05, 0) is 38.8 Å². The van der Waals surface area contributed by atoms with Crippen molar-refractivity contribution in [3.8, 4) is 0 Å². The molecule has 1 N–H and O–H groups in total. The molecular weight excluding hydrogens is 162 g/mol. The molecule has 0 saturated carbocycles. The highest BCUT2D eigenvalue weighted by Crippen LogP contribution is 2.14. The summed E-state index contributed by atoms with van der Waals surface area (Å²) in [4.78, 5) is 11.4. The molecule has 0 radical (unpaired) electrons. The molecule has 1 saturated heterocycles. The van der Waals surface area contributed by atoms with E-state index in [1.54, 1.807) is 0 Å². The molecular formula is C11H19NO. The normalized spacial score (nSPS) is 21.8. The summed E-state index contributed by atoms with van der Waals surface area (Å²) in [5.74, 6) is 0.995. The number of carbonyl (C=O) groups excluding carboxylic acids is 1. The van der Waals surface area contributed by atoms with Crippen LogP contribution in [0, 0.1) is 5.92 Å². The van der Waals surface area contributed by atoms with E-state index >= 15 is 0 Å². The van der Waals surface area contributed by atoms with Crippen molar-refractivity contribution in [3.63, 3.8) is 0 Å². The van der Waals surface area contributed by atoms with Gasteiger partial charge in [-0.15, -0.1) is 6.58 Å². The second-order valence-electron chi connectivity index (χ2n) is 4.06. The molecule has 74 valence electrons. The average molecular weight is 181 g/mol. The van der Waals surface area contributed by atoms with E-state index < -0.39 is 0 Å². The summed E-state index contributed by atoms with van der Waals surface area (Å²) < 4.78 is 0. The van der Waals surface area contributed by atoms with Gasteiger partial charge in [-0.3, -0.25) is 4.79 Å². The van der Waals surface area contributed by atoms with E-state index in [4.69, 9.17) is 0 Å². The first-order valence-electron chi connectivity index (χ1n) is 5.05. The Labute approximate surface area is 80.4 Å². The molecule has 0 spiro atoms. The van der Waals surface area contributed by atoms with Crippen LogP contribution in [0.25, 0.3) is 0 Å². The van der Waals surface area contributed by atoms with Crippen molar-refractivity contribution >= 4 is 5.78 Å². The molecule has 0 aromatic heterocycles. The molecule has 1 rings (SSSR count). The van der Waals surface area contributed by atoms with Crippen molar-refractivity contribution in [2.75, 3.05) is 13.1 Å². The summed E-state index contributed by atoms with van der Waals surface area (Å²) in [5, 5.41) is 3.27. The van der Waals surface area contributed by atoms with Gasteiger partial charge in [0.25, 0.3) is 0 Å². The Bertz CT molecular complexity index is 192. The predicted molar refractivity (Wildman–Crippen MR) is 54.6 cm³/mol. The number of hydrogen-bond acceptors (Lipinski definition) is 2. The summed E-state index contributed by atoms with van der Waals surface area (Å²) in [6.07, 6.45) is 3.48. The minimum Gasteiger partial charge on any atom is -0.316 e. The van der Waals surface area contributed by atoms with Crippen molar-refractivity contribution in [3.05, 3.63) is 12.2 Å². The maximum absolute atomic E-state index is 11.4. The fourth-order valence-electron chi connectivity index (χ4n) is 1.67. The minimum absolute atomic E-state index is 0.400. The Balaban J connectivity index is 2.13. The molecule has 1 atom stereocenters. The highest BCUT2D eigenvalue weighted by atomic mass is 16.1. The lowest BCUT2D eigenvalue weighted by Crippen LogP contribution is -2.12. The van der Waals surface area contributed by atoms with Gasteiger partial charge < -0.3 is 5.32 Å². The molecule has 0 aromatic rings. The summed E-state index contributed by atoms with van der Waals surface area (Å²) >= 11 is 0. The number of nitrogens with one attached hydrogen (secondary N) is 1. The van der Waals surface area contributed by atoms with E-state index in [0.717, 1.165) is 31.5 Å². The Morgan fingerprint density at radius 1 is 1.54 bits per heavy atom. The molecule has 1 heterocycles. The van der Waals surface area contributed by atoms with Crippen molar-refractivity contribution in [2.45, 2.75) is 32.6 Å². The van der Waals surface area contributed by atoms with Gasteiger partial charge in [0.2, 0.25) is 0 Å². The van der Waals surface area contributed by atoms with Crippen LogP contribution in [0.15, 0.2) is 12.2 Å². The third-order valence-corrected chi connectivity index (χ3v) is 2.51. The lowest BCUT2D eigenvalue weighted by molar-refractivity contribution is -0.119. The first-order valence-corrected chi connectivity index (χ1v) is 5.05. The van der Waals surface area contributed by atoms with E-state index in [0.29, 0.717) is 18.1 Å². The van der Waals surface area contributed by atoms with Crippen LogP contribution in [0.4, 0.5) is 0 Å². The number of Topliss-reactive ketones (excluding diaryl/α,β-unsaturated/α-hetero) is 1. The van der Waals surface area contributed by atoms with E-state index in [9.17, 15) is 4.79 Å². The predicted octanol–water partition coefficient (Wildman–Crippen LogP) is 1.91. The van der Waals surface area contributed by atoms with Crippen molar-refractivity contribution in [2.24, 2.45) is 5.92 Å². The molecule has 0 aromatic carbocycles. The molecule has 1 aliphatic rings. The van der Waals surface area contributed by atoms with Gasteiger partial charge in [0.1, 0.15) is 5.78 Å². The van der Waals surface area contributed by atoms with Crippen molar-refractivity contribution in [1.29, 1.82) is 0 Å². The second kappa shape index (κ2) is 5.18. The average Bonchev–Trinajstić information content (AvgIpc) is 2.53. The molecule has 0 amide bonds.